The topological polar surface area (TPSA) is 37.4 Å². The zero-order valence-electron chi connectivity index (χ0n) is 15.3. The van der Waals surface area contributed by atoms with Crippen molar-refractivity contribution in [3.63, 3.8) is 0 Å². The lowest BCUT2D eigenvalue weighted by atomic mass is 9.68. The van der Waals surface area contributed by atoms with E-state index in [4.69, 9.17) is 0 Å². The normalized spacial score (nSPS) is 16.2. The predicted octanol–water partition coefficient (Wildman–Crippen LogP) is 3.76. The van der Waals surface area contributed by atoms with Gasteiger partial charge in [-0.1, -0.05) is 55.5 Å². The van der Waals surface area contributed by atoms with Crippen LogP contribution in [0, 0.1) is 0 Å². The molecule has 3 nitrogen and oxygen atoms in total. The Labute approximate surface area is 151 Å². The third kappa shape index (κ3) is 3.38. The summed E-state index contributed by atoms with van der Waals surface area (Å²) in [4.78, 5) is 0. The number of aryl methyl sites for hydroxylation is 2. The van der Waals surface area contributed by atoms with Gasteiger partial charge in [-0.2, -0.15) is 0 Å². The van der Waals surface area contributed by atoms with Gasteiger partial charge in [0.05, 0.1) is 6.26 Å². The van der Waals surface area contributed by atoms with Gasteiger partial charge in [-0.15, -0.1) is 0 Å². The number of hydrogen-bond donors (Lipinski definition) is 0. The van der Waals surface area contributed by atoms with Gasteiger partial charge in [-0.25, -0.2) is 12.7 Å². The Bertz CT molecular complexity index is 810. The summed E-state index contributed by atoms with van der Waals surface area (Å²) in [5.41, 5.74) is 5.38. The van der Waals surface area contributed by atoms with Crippen LogP contribution in [0.15, 0.2) is 48.5 Å². The number of nitrogens with zero attached hydrogens (tertiary/aromatic N) is 1. The third-order valence-corrected chi connectivity index (χ3v) is 7.07. The van der Waals surface area contributed by atoms with Crippen LogP contribution in [0.3, 0.4) is 0 Å². The molecule has 134 valence electrons. The molecule has 0 N–H and O–H groups in total. The quantitative estimate of drug-likeness (QED) is 0.817. The summed E-state index contributed by atoms with van der Waals surface area (Å²) < 4.78 is 25.2. The highest BCUT2D eigenvalue weighted by Gasteiger charge is 2.37. The zero-order valence-corrected chi connectivity index (χ0v) is 16.1. The molecule has 0 aliphatic heterocycles. The molecular formula is C21H27NO2S. The standard InChI is InChI=1S/C21H27NO2S/c1-4-21(15-16-22(2)25(3,23)24)19-11-7-5-9-17(19)13-14-18-10-6-8-12-20(18)21/h5-12H,4,13-16H2,1-3H3. The lowest BCUT2D eigenvalue weighted by Crippen LogP contribution is -2.35. The minimum Gasteiger partial charge on any atom is -0.213 e. The van der Waals surface area contributed by atoms with Gasteiger partial charge in [0.25, 0.3) is 0 Å². The van der Waals surface area contributed by atoms with Crippen molar-refractivity contribution in [1.82, 2.24) is 4.31 Å². The van der Waals surface area contributed by atoms with E-state index in [1.165, 1.54) is 32.8 Å². The Morgan fingerprint density at radius 1 is 0.960 bits per heavy atom. The molecule has 0 unspecified atom stereocenters. The van der Waals surface area contributed by atoms with E-state index >= 15 is 0 Å². The molecule has 25 heavy (non-hydrogen) atoms. The summed E-state index contributed by atoms with van der Waals surface area (Å²) in [6.45, 7) is 2.74. The molecule has 0 amide bonds. The molecule has 0 radical (unpaired) electrons. The van der Waals surface area contributed by atoms with E-state index < -0.39 is 10.0 Å². The van der Waals surface area contributed by atoms with Crippen molar-refractivity contribution in [2.75, 3.05) is 19.8 Å². The summed E-state index contributed by atoms with van der Waals surface area (Å²) in [6.07, 6.45) is 5.11. The highest BCUT2D eigenvalue weighted by atomic mass is 32.2. The van der Waals surface area contributed by atoms with E-state index in [0.29, 0.717) is 6.54 Å². The summed E-state index contributed by atoms with van der Waals surface area (Å²) in [5, 5.41) is 0. The average molecular weight is 358 g/mol. The minimum absolute atomic E-state index is 0.136. The highest BCUT2D eigenvalue weighted by Crippen LogP contribution is 2.44. The van der Waals surface area contributed by atoms with Crippen molar-refractivity contribution in [3.05, 3.63) is 70.8 Å². The first-order valence-electron chi connectivity index (χ1n) is 8.96. The van der Waals surface area contributed by atoms with Crippen LogP contribution in [0.25, 0.3) is 0 Å². The molecule has 2 aromatic carbocycles. The lowest BCUT2D eigenvalue weighted by Gasteiger charge is -2.37. The predicted molar refractivity (Wildman–Crippen MR) is 103 cm³/mol. The molecule has 1 aliphatic carbocycles. The first-order valence-corrected chi connectivity index (χ1v) is 10.8. The molecule has 3 rings (SSSR count). The molecule has 0 fully saturated rings. The summed E-state index contributed by atoms with van der Waals surface area (Å²) in [6, 6.07) is 17.4. The summed E-state index contributed by atoms with van der Waals surface area (Å²) in [5.74, 6) is 0. The van der Waals surface area contributed by atoms with Crippen LogP contribution in [0.5, 0.6) is 0 Å². The molecule has 0 bridgehead atoms. The molecule has 2 aromatic rings. The van der Waals surface area contributed by atoms with Crippen LogP contribution < -0.4 is 0 Å². The maximum Gasteiger partial charge on any atom is 0.210 e. The number of sulfonamides is 1. The zero-order chi connectivity index (χ0) is 18.1. The molecule has 1 aliphatic rings. The second kappa shape index (κ2) is 6.93. The van der Waals surface area contributed by atoms with Crippen LogP contribution in [-0.4, -0.2) is 32.6 Å². The Hall–Kier alpha value is -1.65. The fourth-order valence-corrected chi connectivity index (χ4v) is 4.59. The number of hydrogen-bond acceptors (Lipinski definition) is 2. The fraction of sp³-hybridized carbons (Fsp3) is 0.429. The van der Waals surface area contributed by atoms with Crippen molar-refractivity contribution in [2.24, 2.45) is 0 Å². The van der Waals surface area contributed by atoms with E-state index in [-0.39, 0.29) is 5.41 Å². The van der Waals surface area contributed by atoms with Gasteiger partial charge in [0.15, 0.2) is 0 Å². The second-order valence-electron chi connectivity index (χ2n) is 7.08. The number of rotatable bonds is 5. The van der Waals surface area contributed by atoms with Crippen LogP contribution in [-0.2, 0) is 28.3 Å². The Morgan fingerprint density at radius 3 is 1.88 bits per heavy atom. The number of fused-ring (bicyclic) bond motifs is 2. The summed E-state index contributed by atoms with van der Waals surface area (Å²) >= 11 is 0. The molecule has 0 saturated heterocycles. The van der Waals surface area contributed by atoms with Gasteiger partial charge in [-0.05, 0) is 47.9 Å². The second-order valence-corrected chi connectivity index (χ2v) is 9.17. The maximum atomic E-state index is 11.9. The van der Waals surface area contributed by atoms with Gasteiger partial charge in [0.2, 0.25) is 10.0 Å². The van der Waals surface area contributed by atoms with Crippen LogP contribution in [0.1, 0.15) is 42.0 Å². The molecular weight excluding hydrogens is 330 g/mol. The molecule has 0 aromatic heterocycles. The molecule has 0 saturated carbocycles. The average Bonchev–Trinajstić information content (AvgIpc) is 2.74. The molecule has 0 atom stereocenters. The van der Waals surface area contributed by atoms with Gasteiger partial charge in [0.1, 0.15) is 0 Å². The van der Waals surface area contributed by atoms with E-state index in [0.717, 1.165) is 25.7 Å². The van der Waals surface area contributed by atoms with Crippen molar-refractivity contribution < 1.29 is 8.42 Å². The van der Waals surface area contributed by atoms with E-state index in [2.05, 4.69) is 55.5 Å². The van der Waals surface area contributed by atoms with Crippen LogP contribution >= 0.6 is 0 Å². The Kier molecular flexibility index (Phi) is 5.03. The van der Waals surface area contributed by atoms with E-state index in [9.17, 15) is 8.42 Å². The van der Waals surface area contributed by atoms with Crippen molar-refractivity contribution in [1.29, 1.82) is 0 Å². The van der Waals surface area contributed by atoms with E-state index in [1.54, 1.807) is 7.05 Å². The molecule has 4 heteroatoms. The van der Waals surface area contributed by atoms with Crippen LogP contribution in [0.2, 0.25) is 0 Å². The minimum atomic E-state index is -3.17. The van der Waals surface area contributed by atoms with Crippen molar-refractivity contribution in [3.8, 4) is 0 Å². The lowest BCUT2D eigenvalue weighted by molar-refractivity contribution is 0.383. The van der Waals surface area contributed by atoms with Gasteiger partial charge < -0.3 is 0 Å². The van der Waals surface area contributed by atoms with Gasteiger partial charge in [-0.3, -0.25) is 0 Å². The SMILES string of the molecule is CCC1(CCN(C)S(C)(=O)=O)c2ccccc2CCc2ccccc21. The Morgan fingerprint density at radius 2 is 1.44 bits per heavy atom. The van der Waals surface area contributed by atoms with E-state index in [1.807, 2.05) is 0 Å². The largest absolute Gasteiger partial charge is 0.213 e. The highest BCUT2D eigenvalue weighted by molar-refractivity contribution is 7.88. The fourth-order valence-electron chi connectivity index (χ4n) is 4.17. The maximum absolute atomic E-state index is 11.9. The number of benzene rings is 2. The molecule has 0 spiro atoms. The first-order chi connectivity index (χ1) is 11.9. The van der Waals surface area contributed by atoms with Gasteiger partial charge in [0, 0.05) is 19.0 Å². The smallest absolute Gasteiger partial charge is 0.210 e. The van der Waals surface area contributed by atoms with Crippen molar-refractivity contribution >= 4 is 10.0 Å². The van der Waals surface area contributed by atoms with Crippen LogP contribution in [0.4, 0.5) is 0 Å². The third-order valence-electron chi connectivity index (χ3n) is 5.75. The van der Waals surface area contributed by atoms with Crippen molar-refractivity contribution in [2.45, 2.75) is 38.0 Å². The Balaban J connectivity index is 2.12. The monoisotopic (exact) mass is 357 g/mol. The first kappa shape index (κ1) is 18.2. The molecule has 0 heterocycles. The van der Waals surface area contributed by atoms with Gasteiger partial charge >= 0.3 is 0 Å². The summed E-state index contributed by atoms with van der Waals surface area (Å²) in [7, 11) is -1.50.